The molecule has 0 saturated heterocycles. The number of benzene rings is 1. The second-order valence-electron chi connectivity index (χ2n) is 4.79. The Bertz CT molecular complexity index is 932. The molecule has 2 aromatic heterocycles. The van der Waals surface area contributed by atoms with Gasteiger partial charge in [-0.05, 0) is 12.1 Å². The van der Waals surface area contributed by atoms with Gasteiger partial charge >= 0.3 is 0 Å². The van der Waals surface area contributed by atoms with Crippen LogP contribution in [-0.2, 0) is 4.79 Å². The van der Waals surface area contributed by atoms with Crippen LogP contribution in [0.15, 0.2) is 41.3 Å². The Morgan fingerprint density at radius 3 is 2.79 bits per heavy atom. The molecule has 24 heavy (non-hydrogen) atoms. The summed E-state index contributed by atoms with van der Waals surface area (Å²) in [5, 5.41) is 6.03. The first kappa shape index (κ1) is 15.3. The summed E-state index contributed by atoms with van der Waals surface area (Å²) in [5.74, 6) is 0.345. The van der Waals surface area contributed by atoms with Gasteiger partial charge in [-0.15, -0.1) is 0 Å². The van der Waals surface area contributed by atoms with Gasteiger partial charge in [0.25, 0.3) is 5.91 Å². The zero-order valence-electron chi connectivity index (χ0n) is 12.8. The zero-order valence-corrected chi connectivity index (χ0v) is 12.8. The molecule has 0 atom stereocenters. The zero-order chi connectivity index (χ0) is 17.1. The summed E-state index contributed by atoms with van der Waals surface area (Å²) in [6, 6.07) is 7.14. The summed E-state index contributed by atoms with van der Waals surface area (Å²) in [7, 11) is 1.70. The van der Waals surface area contributed by atoms with Crippen molar-refractivity contribution in [3.8, 4) is 0 Å². The number of para-hydroxylation sites is 1. The van der Waals surface area contributed by atoms with Crippen molar-refractivity contribution in [2.75, 3.05) is 17.7 Å². The van der Waals surface area contributed by atoms with Gasteiger partial charge < -0.3 is 26.5 Å². The molecule has 0 radical (unpaired) electrons. The summed E-state index contributed by atoms with van der Waals surface area (Å²) in [6.07, 6.45) is 2.45. The van der Waals surface area contributed by atoms with Crippen molar-refractivity contribution in [3.05, 3.63) is 42.7 Å². The van der Waals surface area contributed by atoms with E-state index >= 15 is 0 Å². The molecule has 1 amide bonds. The van der Waals surface area contributed by atoms with Crippen molar-refractivity contribution in [3.63, 3.8) is 0 Å². The van der Waals surface area contributed by atoms with E-state index in [4.69, 9.17) is 15.9 Å². The Hall–Kier alpha value is -3.62. The summed E-state index contributed by atoms with van der Waals surface area (Å²) >= 11 is 0. The molecule has 1 aromatic carbocycles. The lowest BCUT2D eigenvalue weighted by atomic mass is 10.2. The molecule has 0 fully saturated rings. The Balaban J connectivity index is 2.04. The molecule has 9 heteroatoms. The standard InChI is InChI=1S/C15H15N7O2/c1-18-11-5-12(22-15(21-11)8(6-16)14(17)23)20-9-3-2-4-10-13(9)19-7-24-10/h2-7H,16H2,1H3,(H2,17,23)(H2,18,20,21,22). The minimum Gasteiger partial charge on any atom is -0.443 e. The molecular weight excluding hydrogens is 310 g/mol. The van der Waals surface area contributed by atoms with Crippen LogP contribution in [-0.4, -0.2) is 27.9 Å². The van der Waals surface area contributed by atoms with Gasteiger partial charge in [0.05, 0.1) is 11.3 Å². The van der Waals surface area contributed by atoms with E-state index in [0.29, 0.717) is 28.4 Å². The van der Waals surface area contributed by atoms with E-state index < -0.39 is 5.91 Å². The summed E-state index contributed by atoms with van der Waals surface area (Å²) in [6.45, 7) is 0. The maximum absolute atomic E-state index is 11.5. The summed E-state index contributed by atoms with van der Waals surface area (Å²) < 4.78 is 5.27. The van der Waals surface area contributed by atoms with Gasteiger partial charge in [0.2, 0.25) is 0 Å². The number of nitrogens with one attached hydrogen (secondary N) is 2. The number of aromatic nitrogens is 3. The van der Waals surface area contributed by atoms with Gasteiger partial charge in [-0.2, -0.15) is 0 Å². The lowest BCUT2D eigenvalue weighted by molar-refractivity contribution is -0.112. The van der Waals surface area contributed by atoms with Crippen LogP contribution in [0.5, 0.6) is 0 Å². The molecule has 0 aliphatic carbocycles. The topological polar surface area (TPSA) is 145 Å². The van der Waals surface area contributed by atoms with E-state index in [9.17, 15) is 4.79 Å². The van der Waals surface area contributed by atoms with Crippen LogP contribution < -0.4 is 22.1 Å². The molecule has 3 rings (SSSR count). The smallest absolute Gasteiger partial charge is 0.254 e. The number of anilines is 3. The van der Waals surface area contributed by atoms with Gasteiger partial charge in [0, 0.05) is 19.3 Å². The van der Waals surface area contributed by atoms with Gasteiger partial charge in [-0.25, -0.2) is 15.0 Å². The third-order valence-corrected chi connectivity index (χ3v) is 3.28. The average Bonchev–Trinajstić information content (AvgIpc) is 3.04. The first-order valence-electron chi connectivity index (χ1n) is 7.00. The quantitative estimate of drug-likeness (QED) is 0.512. The van der Waals surface area contributed by atoms with Gasteiger partial charge in [-0.1, -0.05) is 6.07 Å². The molecule has 0 saturated carbocycles. The maximum atomic E-state index is 11.5. The van der Waals surface area contributed by atoms with Crippen molar-refractivity contribution in [1.82, 2.24) is 15.0 Å². The number of hydrogen-bond acceptors (Lipinski definition) is 8. The van der Waals surface area contributed by atoms with Crippen molar-refractivity contribution < 1.29 is 9.21 Å². The molecule has 0 spiro atoms. The van der Waals surface area contributed by atoms with E-state index in [1.165, 1.54) is 6.39 Å². The number of amides is 1. The highest BCUT2D eigenvalue weighted by molar-refractivity contribution is 6.17. The summed E-state index contributed by atoms with van der Waals surface area (Å²) in [5.41, 5.74) is 12.8. The number of nitrogens with two attached hydrogens (primary N) is 2. The van der Waals surface area contributed by atoms with Crippen LogP contribution in [0, 0.1) is 0 Å². The molecule has 2 heterocycles. The van der Waals surface area contributed by atoms with Gasteiger partial charge in [-0.3, -0.25) is 4.79 Å². The van der Waals surface area contributed by atoms with Crippen molar-refractivity contribution in [1.29, 1.82) is 0 Å². The van der Waals surface area contributed by atoms with Crippen LogP contribution in [0.1, 0.15) is 5.82 Å². The largest absolute Gasteiger partial charge is 0.443 e. The molecule has 0 bridgehead atoms. The number of nitrogens with zero attached hydrogens (tertiary/aromatic N) is 3. The fourth-order valence-corrected chi connectivity index (χ4v) is 2.15. The predicted octanol–water partition coefficient (Wildman–Crippen LogP) is 1.19. The van der Waals surface area contributed by atoms with Crippen LogP contribution in [0.4, 0.5) is 17.3 Å². The van der Waals surface area contributed by atoms with Gasteiger partial charge in [0.1, 0.15) is 17.2 Å². The van der Waals surface area contributed by atoms with Crippen molar-refractivity contribution in [2.45, 2.75) is 0 Å². The van der Waals surface area contributed by atoms with Crippen molar-refractivity contribution >= 4 is 39.9 Å². The SMILES string of the molecule is CNc1cc(Nc2cccc3ocnc23)nc(C(=CN)C(N)=O)n1. The highest BCUT2D eigenvalue weighted by Gasteiger charge is 2.14. The Morgan fingerprint density at radius 1 is 1.29 bits per heavy atom. The average molecular weight is 325 g/mol. The number of fused-ring (bicyclic) bond motifs is 1. The third kappa shape index (κ3) is 2.82. The molecular formula is C15H15N7O2. The highest BCUT2D eigenvalue weighted by atomic mass is 16.3. The molecule has 0 aliphatic heterocycles. The lowest BCUT2D eigenvalue weighted by Gasteiger charge is -2.10. The molecule has 0 unspecified atom stereocenters. The molecule has 122 valence electrons. The van der Waals surface area contributed by atoms with E-state index in [1.54, 1.807) is 19.2 Å². The maximum Gasteiger partial charge on any atom is 0.254 e. The lowest BCUT2D eigenvalue weighted by Crippen LogP contribution is -2.17. The number of carbonyl (C=O) groups is 1. The Labute approximate surface area is 136 Å². The second-order valence-corrected chi connectivity index (χ2v) is 4.79. The normalized spacial score (nSPS) is 11.5. The van der Waals surface area contributed by atoms with Crippen LogP contribution in [0.25, 0.3) is 16.7 Å². The predicted molar refractivity (Wildman–Crippen MR) is 90.2 cm³/mol. The molecule has 0 aliphatic rings. The molecule has 9 nitrogen and oxygen atoms in total. The molecule has 3 aromatic rings. The second kappa shape index (κ2) is 6.24. The van der Waals surface area contributed by atoms with E-state index in [0.717, 1.165) is 6.20 Å². The minimum absolute atomic E-state index is 0.0230. The molecule has 6 N–H and O–H groups in total. The van der Waals surface area contributed by atoms with Gasteiger partial charge in [0.15, 0.2) is 17.8 Å². The Morgan fingerprint density at radius 2 is 2.08 bits per heavy atom. The number of oxazole rings is 1. The van der Waals surface area contributed by atoms with E-state index in [1.807, 2.05) is 12.1 Å². The highest BCUT2D eigenvalue weighted by Crippen LogP contribution is 2.26. The van der Waals surface area contributed by atoms with E-state index in [2.05, 4.69) is 25.6 Å². The monoisotopic (exact) mass is 325 g/mol. The summed E-state index contributed by atoms with van der Waals surface area (Å²) in [4.78, 5) is 24.1. The number of rotatable bonds is 5. The third-order valence-electron chi connectivity index (χ3n) is 3.28. The number of carbonyl (C=O) groups excluding carboxylic acids is 1. The van der Waals surface area contributed by atoms with Crippen LogP contribution in [0.2, 0.25) is 0 Å². The number of primary amides is 1. The first-order valence-corrected chi connectivity index (χ1v) is 7.00. The number of hydrogen-bond donors (Lipinski definition) is 4. The van der Waals surface area contributed by atoms with E-state index in [-0.39, 0.29) is 11.4 Å². The fourth-order valence-electron chi connectivity index (χ4n) is 2.15. The van der Waals surface area contributed by atoms with Crippen LogP contribution in [0.3, 0.4) is 0 Å². The first-order chi connectivity index (χ1) is 11.6. The fraction of sp³-hybridized carbons (Fsp3) is 0.0667. The Kier molecular flexibility index (Phi) is 3.98. The van der Waals surface area contributed by atoms with Crippen molar-refractivity contribution in [2.24, 2.45) is 11.5 Å². The van der Waals surface area contributed by atoms with Crippen LogP contribution >= 0.6 is 0 Å². The minimum atomic E-state index is -0.713.